The lowest BCUT2D eigenvalue weighted by Crippen LogP contribution is -2.13. The topological polar surface area (TPSA) is 72.2 Å². The second-order valence-corrected chi connectivity index (χ2v) is 8.17. The number of oxazole rings is 1. The van der Waals surface area contributed by atoms with E-state index in [9.17, 15) is 12.8 Å². The first-order valence-corrected chi connectivity index (χ1v) is 9.75. The molecule has 5 nitrogen and oxygen atoms in total. The lowest BCUT2D eigenvalue weighted by Gasteiger charge is -2.09. The van der Waals surface area contributed by atoms with E-state index in [1.165, 1.54) is 18.2 Å². The second kappa shape index (κ2) is 6.25. The molecule has 0 amide bonds. The summed E-state index contributed by atoms with van der Waals surface area (Å²) < 4.78 is 46.6. The predicted molar refractivity (Wildman–Crippen MR) is 95.9 cm³/mol. The van der Waals surface area contributed by atoms with E-state index >= 15 is 0 Å². The van der Waals surface area contributed by atoms with Crippen molar-refractivity contribution in [2.75, 3.05) is 4.72 Å². The number of rotatable bonds is 5. The van der Waals surface area contributed by atoms with Gasteiger partial charge < -0.3 is 4.42 Å². The molecule has 2 aromatic carbocycles. The van der Waals surface area contributed by atoms with Gasteiger partial charge in [-0.25, -0.2) is 17.8 Å². The zero-order valence-corrected chi connectivity index (χ0v) is 14.9. The van der Waals surface area contributed by atoms with Crippen LogP contribution in [0.2, 0.25) is 0 Å². The summed E-state index contributed by atoms with van der Waals surface area (Å²) in [6.45, 7) is 1.70. The van der Waals surface area contributed by atoms with Crippen molar-refractivity contribution < 1.29 is 17.2 Å². The number of hydrogen-bond acceptors (Lipinski definition) is 4. The number of sulfonamides is 1. The van der Waals surface area contributed by atoms with Gasteiger partial charge in [-0.2, -0.15) is 0 Å². The average Bonchev–Trinajstić information content (AvgIpc) is 3.31. The van der Waals surface area contributed by atoms with Crippen LogP contribution in [0.15, 0.2) is 58.0 Å². The second-order valence-electron chi connectivity index (χ2n) is 6.48. The number of benzene rings is 2. The molecule has 1 saturated carbocycles. The molecule has 0 aliphatic heterocycles. The van der Waals surface area contributed by atoms with Crippen LogP contribution in [0.4, 0.5) is 10.1 Å². The Hall–Kier alpha value is -2.67. The highest BCUT2D eigenvalue weighted by Crippen LogP contribution is 2.40. The third-order valence-electron chi connectivity index (χ3n) is 4.19. The predicted octanol–water partition coefficient (Wildman–Crippen LogP) is 4.47. The summed E-state index contributed by atoms with van der Waals surface area (Å²) in [5, 5.41) is 0. The summed E-state index contributed by atoms with van der Waals surface area (Å²) in [5.41, 5.74) is 1.58. The van der Waals surface area contributed by atoms with E-state index < -0.39 is 15.8 Å². The van der Waals surface area contributed by atoms with Crippen LogP contribution in [0.1, 0.15) is 30.2 Å². The highest BCUT2D eigenvalue weighted by atomic mass is 32.2. The van der Waals surface area contributed by atoms with Gasteiger partial charge in [0, 0.05) is 11.5 Å². The van der Waals surface area contributed by atoms with Crippen LogP contribution in [0, 0.1) is 12.7 Å². The van der Waals surface area contributed by atoms with Crippen molar-refractivity contribution in [1.82, 2.24) is 4.98 Å². The third-order valence-corrected chi connectivity index (χ3v) is 5.59. The maximum Gasteiger partial charge on any atom is 0.261 e. The largest absolute Gasteiger partial charge is 0.440 e. The molecular formula is C19H17FN2O3S. The molecule has 1 aliphatic rings. The van der Waals surface area contributed by atoms with Crippen LogP contribution in [0.3, 0.4) is 0 Å². The molecule has 0 radical (unpaired) electrons. The summed E-state index contributed by atoms with van der Waals surface area (Å²) in [4.78, 5) is 4.35. The van der Waals surface area contributed by atoms with Crippen LogP contribution in [0.5, 0.6) is 0 Å². The molecule has 1 heterocycles. The molecule has 1 fully saturated rings. The summed E-state index contributed by atoms with van der Waals surface area (Å²) in [6, 6.07) is 10.4. The van der Waals surface area contributed by atoms with Crippen LogP contribution < -0.4 is 4.72 Å². The quantitative estimate of drug-likeness (QED) is 0.717. The molecule has 1 aromatic heterocycles. The van der Waals surface area contributed by atoms with Crippen molar-refractivity contribution in [3.05, 3.63) is 65.9 Å². The number of halogens is 1. The molecule has 1 aliphatic carbocycles. The monoisotopic (exact) mass is 372 g/mol. The van der Waals surface area contributed by atoms with Gasteiger partial charge in [-0.15, -0.1) is 0 Å². The zero-order chi connectivity index (χ0) is 18.3. The zero-order valence-electron chi connectivity index (χ0n) is 14.1. The Labute approximate surface area is 150 Å². The number of hydrogen-bond donors (Lipinski definition) is 1. The Balaban J connectivity index is 1.56. The molecule has 0 atom stereocenters. The van der Waals surface area contributed by atoms with Gasteiger partial charge in [-0.1, -0.05) is 0 Å². The molecular weight excluding hydrogens is 355 g/mol. The Bertz CT molecular complexity index is 1030. The van der Waals surface area contributed by atoms with Gasteiger partial charge in [0.1, 0.15) is 5.82 Å². The number of nitrogens with zero attached hydrogens (tertiary/aromatic N) is 1. The molecule has 3 aromatic rings. The Morgan fingerprint density at radius 3 is 2.54 bits per heavy atom. The average molecular weight is 372 g/mol. The summed E-state index contributed by atoms with van der Waals surface area (Å²) >= 11 is 0. The minimum absolute atomic E-state index is 0.0881. The van der Waals surface area contributed by atoms with Crippen molar-refractivity contribution in [3.63, 3.8) is 0 Å². The molecule has 7 heteroatoms. The highest BCUT2D eigenvalue weighted by Gasteiger charge is 2.28. The van der Waals surface area contributed by atoms with Gasteiger partial charge in [-0.3, -0.25) is 4.72 Å². The standard InChI is InChI=1S/C19H17FN2O3S/c1-12-8-15(20)10-16(9-12)22-26(23,24)17-6-4-13(5-7-17)18-11-21-19(25-18)14-2-3-14/h4-11,14,22H,2-3H2,1H3. The molecule has 0 saturated heterocycles. The number of anilines is 1. The fourth-order valence-corrected chi connectivity index (χ4v) is 3.79. The van der Waals surface area contributed by atoms with E-state index in [1.807, 2.05) is 0 Å². The molecule has 4 rings (SSSR count). The normalized spacial score (nSPS) is 14.4. The van der Waals surface area contributed by atoms with Crippen molar-refractivity contribution in [2.45, 2.75) is 30.6 Å². The fraction of sp³-hybridized carbons (Fsp3) is 0.211. The maximum absolute atomic E-state index is 13.5. The van der Waals surface area contributed by atoms with Crippen molar-refractivity contribution in [2.24, 2.45) is 0 Å². The van der Waals surface area contributed by atoms with Gasteiger partial charge in [0.15, 0.2) is 11.7 Å². The molecule has 1 N–H and O–H groups in total. The lowest BCUT2D eigenvalue weighted by atomic mass is 10.2. The summed E-state index contributed by atoms with van der Waals surface area (Å²) in [5.74, 6) is 1.28. The first kappa shape index (κ1) is 16.8. The third kappa shape index (κ3) is 3.48. The Kier molecular flexibility index (Phi) is 4.03. The van der Waals surface area contributed by atoms with Crippen molar-refractivity contribution >= 4 is 15.7 Å². The molecule has 0 spiro atoms. The first-order valence-electron chi connectivity index (χ1n) is 8.27. The van der Waals surface area contributed by atoms with E-state index in [2.05, 4.69) is 9.71 Å². The minimum Gasteiger partial charge on any atom is -0.440 e. The van der Waals surface area contributed by atoms with Crippen LogP contribution >= 0.6 is 0 Å². The minimum atomic E-state index is -3.81. The smallest absolute Gasteiger partial charge is 0.261 e. The van der Waals surface area contributed by atoms with Crippen molar-refractivity contribution in [1.29, 1.82) is 0 Å². The molecule has 0 bridgehead atoms. The van der Waals surface area contributed by atoms with Gasteiger partial charge in [0.2, 0.25) is 0 Å². The Morgan fingerprint density at radius 1 is 1.15 bits per heavy atom. The van der Waals surface area contributed by atoms with E-state index in [-0.39, 0.29) is 10.6 Å². The van der Waals surface area contributed by atoms with Gasteiger partial charge in [-0.05, 0) is 67.8 Å². The number of aryl methyl sites for hydroxylation is 1. The SMILES string of the molecule is Cc1cc(F)cc(NS(=O)(=O)c2ccc(-c3cnc(C4CC4)o3)cc2)c1. The fourth-order valence-electron chi connectivity index (χ4n) is 2.75. The van der Waals surface area contributed by atoms with E-state index in [0.717, 1.165) is 30.4 Å². The summed E-state index contributed by atoms with van der Waals surface area (Å²) in [7, 11) is -3.81. The maximum atomic E-state index is 13.5. The van der Waals surface area contributed by atoms with E-state index in [4.69, 9.17) is 4.42 Å². The molecule has 134 valence electrons. The van der Waals surface area contributed by atoms with Gasteiger partial charge >= 0.3 is 0 Å². The molecule has 0 unspecified atom stereocenters. The lowest BCUT2D eigenvalue weighted by molar-refractivity contribution is 0.509. The Morgan fingerprint density at radius 2 is 1.88 bits per heavy atom. The molecule has 26 heavy (non-hydrogen) atoms. The number of aromatic nitrogens is 1. The van der Waals surface area contributed by atoms with Crippen molar-refractivity contribution in [3.8, 4) is 11.3 Å². The highest BCUT2D eigenvalue weighted by molar-refractivity contribution is 7.92. The van der Waals surface area contributed by atoms with E-state index in [0.29, 0.717) is 17.2 Å². The van der Waals surface area contributed by atoms with E-state index in [1.54, 1.807) is 31.3 Å². The van der Waals surface area contributed by atoms with Crippen LogP contribution in [-0.4, -0.2) is 13.4 Å². The van der Waals surface area contributed by atoms with Gasteiger partial charge in [0.05, 0.1) is 16.8 Å². The van der Waals surface area contributed by atoms with Gasteiger partial charge in [0.25, 0.3) is 10.0 Å². The number of nitrogens with one attached hydrogen (secondary N) is 1. The first-order chi connectivity index (χ1) is 12.4. The van der Waals surface area contributed by atoms with Crippen LogP contribution in [-0.2, 0) is 10.0 Å². The summed E-state index contributed by atoms with van der Waals surface area (Å²) in [6.07, 6.45) is 3.86. The van der Waals surface area contributed by atoms with Crippen LogP contribution in [0.25, 0.3) is 11.3 Å².